The number of hydrogen-bond acceptors (Lipinski definition) is 5. The van der Waals surface area contributed by atoms with Gasteiger partial charge in [-0.25, -0.2) is 14.8 Å². The molecule has 3 rings (SSSR count). The molecular weight excluding hydrogens is 354 g/mol. The minimum Gasteiger partial charge on any atom is -0.489 e. The highest BCUT2D eigenvalue weighted by atomic mass is 35.5. The number of halogens is 1. The van der Waals surface area contributed by atoms with E-state index in [1.54, 1.807) is 42.5 Å². The fraction of sp³-hybridized carbons (Fsp3) is 0.0526. The molecule has 0 aliphatic rings. The summed E-state index contributed by atoms with van der Waals surface area (Å²) in [5, 5.41) is 18.4. The van der Waals surface area contributed by atoms with Crippen LogP contribution in [0.25, 0.3) is 11.4 Å². The van der Waals surface area contributed by atoms with Crippen molar-refractivity contribution < 1.29 is 14.6 Å². The van der Waals surface area contributed by atoms with Gasteiger partial charge in [0.2, 0.25) is 0 Å². The number of benzene rings is 2. The van der Waals surface area contributed by atoms with Gasteiger partial charge < -0.3 is 9.84 Å². The van der Waals surface area contributed by atoms with Gasteiger partial charge in [-0.15, -0.1) is 0 Å². The molecule has 0 unspecified atom stereocenters. The van der Waals surface area contributed by atoms with E-state index in [0.29, 0.717) is 33.3 Å². The summed E-state index contributed by atoms with van der Waals surface area (Å²) in [5.74, 6) is -0.279. The highest BCUT2D eigenvalue weighted by molar-refractivity contribution is 6.32. The van der Waals surface area contributed by atoms with E-state index in [4.69, 9.17) is 26.7 Å². The molecule has 0 fully saturated rings. The maximum absolute atomic E-state index is 11.0. The van der Waals surface area contributed by atoms with Gasteiger partial charge in [-0.05, 0) is 24.3 Å². The molecule has 128 valence electrons. The van der Waals surface area contributed by atoms with E-state index in [0.717, 1.165) is 0 Å². The van der Waals surface area contributed by atoms with Crippen molar-refractivity contribution >= 4 is 17.6 Å². The third-order valence-electron chi connectivity index (χ3n) is 3.56. The van der Waals surface area contributed by atoms with Crippen molar-refractivity contribution in [1.82, 2.24) is 9.97 Å². The zero-order chi connectivity index (χ0) is 18.5. The molecule has 26 heavy (non-hydrogen) atoms. The first kappa shape index (κ1) is 17.4. The normalized spacial score (nSPS) is 10.2. The Morgan fingerprint density at radius 2 is 2.04 bits per heavy atom. The molecule has 0 aliphatic heterocycles. The van der Waals surface area contributed by atoms with Crippen LogP contribution >= 0.6 is 11.6 Å². The maximum Gasteiger partial charge on any atom is 0.354 e. The number of ether oxygens (including phenoxy) is 1. The summed E-state index contributed by atoms with van der Waals surface area (Å²) in [4.78, 5) is 19.2. The Balaban J connectivity index is 1.81. The van der Waals surface area contributed by atoms with Crippen molar-refractivity contribution in [2.24, 2.45) is 0 Å². The van der Waals surface area contributed by atoms with E-state index in [-0.39, 0.29) is 12.3 Å². The number of rotatable bonds is 5. The number of carbonyl (C=O) groups is 1. The van der Waals surface area contributed by atoms with Crippen LogP contribution < -0.4 is 4.74 Å². The number of nitriles is 1. The number of nitrogens with zero attached hydrogens (tertiary/aromatic N) is 3. The highest BCUT2D eigenvalue weighted by Crippen LogP contribution is 2.25. The molecule has 7 heteroatoms. The number of aromatic carboxylic acids is 1. The van der Waals surface area contributed by atoms with Crippen LogP contribution in [0, 0.1) is 11.3 Å². The smallest absolute Gasteiger partial charge is 0.354 e. The van der Waals surface area contributed by atoms with Crippen molar-refractivity contribution in [2.45, 2.75) is 6.61 Å². The second-order valence-electron chi connectivity index (χ2n) is 5.28. The summed E-state index contributed by atoms with van der Waals surface area (Å²) >= 11 is 6.17. The van der Waals surface area contributed by atoms with Gasteiger partial charge in [0.15, 0.2) is 11.5 Å². The number of carboxylic acids is 1. The molecule has 0 radical (unpaired) electrons. The van der Waals surface area contributed by atoms with Crippen LogP contribution in [-0.4, -0.2) is 21.0 Å². The zero-order valence-electron chi connectivity index (χ0n) is 13.4. The van der Waals surface area contributed by atoms with Crippen LogP contribution in [-0.2, 0) is 6.61 Å². The second-order valence-corrected chi connectivity index (χ2v) is 5.66. The van der Waals surface area contributed by atoms with Gasteiger partial charge in [0.25, 0.3) is 0 Å². The van der Waals surface area contributed by atoms with Gasteiger partial charge in [0.05, 0.1) is 10.6 Å². The molecule has 0 bridgehead atoms. The standard InChI is InChI=1S/C19H12ClN3O3/c20-17-13(10-21)4-1-5-14(17)11-26-15-6-2-3-12(9-15)18-22-8-7-16(23-18)19(24)25/h1-9H,11H2,(H,24,25). The van der Waals surface area contributed by atoms with Crippen LogP contribution in [0.2, 0.25) is 5.02 Å². The molecule has 0 saturated carbocycles. The van der Waals surface area contributed by atoms with Gasteiger partial charge >= 0.3 is 5.97 Å². The van der Waals surface area contributed by atoms with E-state index in [9.17, 15) is 4.79 Å². The van der Waals surface area contributed by atoms with Gasteiger partial charge in [0, 0.05) is 17.3 Å². The SMILES string of the molecule is N#Cc1cccc(COc2cccc(-c3nccc(C(=O)O)n3)c2)c1Cl. The van der Waals surface area contributed by atoms with Gasteiger partial charge in [-0.2, -0.15) is 5.26 Å². The predicted octanol–water partition coefficient (Wildman–Crippen LogP) is 3.95. The van der Waals surface area contributed by atoms with E-state index in [2.05, 4.69) is 9.97 Å². The number of carboxylic acid groups (broad SMARTS) is 1. The Kier molecular flexibility index (Phi) is 5.11. The first-order valence-electron chi connectivity index (χ1n) is 7.55. The first-order chi connectivity index (χ1) is 12.6. The van der Waals surface area contributed by atoms with E-state index in [1.165, 1.54) is 12.3 Å². The summed E-state index contributed by atoms with van der Waals surface area (Å²) < 4.78 is 5.75. The largest absolute Gasteiger partial charge is 0.489 e. The predicted molar refractivity (Wildman–Crippen MR) is 94.9 cm³/mol. The van der Waals surface area contributed by atoms with Crippen molar-refractivity contribution in [3.63, 3.8) is 0 Å². The third kappa shape index (κ3) is 3.79. The lowest BCUT2D eigenvalue weighted by molar-refractivity contribution is 0.0690. The Labute approximate surface area is 154 Å². The maximum atomic E-state index is 11.0. The van der Waals surface area contributed by atoms with Crippen molar-refractivity contribution in [3.8, 4) is 23.2 Å². The molecule has 6 nitrogen and oxygen atoms in total. The molecule has 1 heterocycles. The van der Waals surface area contributed by atoms with Crippen molar-refractivity contribution in [1.29, 1.82) is 5.26 Å². The Morgan fingerprint density at radius 3 is 2.81 bits per heavy atom. The molecule has 0 atom stereocenters. The van der Waals surface area contributed by atoms with Gasteiger partial charge in [-0.1, -0.05) is 35.9 Å². The summed E-state index contributed by atoms with van der Waals surface area (Å²) in [7, 11) is 0. The molecule has 0 saturated heterocycles. The first-order valence-corrected chi connectivity index (χ1v) is 7.93. The summed E-state index contributed by atoms with van der Waals surface area (Å²) in [6, 6.07) is 15.5. The lowest BCUT2D eigenvalue weighted by atomic mass is 10.1. The van der Waals surface area contributed by atoms with E-state index in [1.807, 2.05) is 6.07 Å². The lowest BCUT2D eigenvalue weighted by Gasteiger charge is -2.10. The molecular formula is C19H12ClN3O3. The zero-order valence-corrected chi connectivity index (χ0v) is 14.1. The molecule has 3 aromatic rings. The van der Waals surface area contributed by atoms with Crippen LogP contribution in [0.4, 0.5) is 0 Å². The minimum absolute atomic E-state index is 0.0820. The highest BCUT2D eigenvalue weighted by Gasteiger charge is 2.10. The Morgan fingerprint density at radius 1 is 1.23 bits per heavy atom. The quantitative estimate of drug-likeness (QED) is 0.735. The molecule has 1 N–H and O–H groups in total. The monoisotopic (exact) mass is 365 g/mol. The van der Waals surface area contributed by atoms with Crippen LogP contribution in [0.1, 0.15) is 21.6 Å². The molecule has 0 amide bonds. The Hall–Kier alpha value is -3.43. The van der Waals surface area contributed by atoms with Crippen LogP contribution in [0.15, 0.2) is 54.7 Å². The van der Waals surface area contributed by atoms with E-state index >= 15 is 0 Å². The van der Waals surface area contributed by atoms with Gasteiger partial charge in [-0.3, -0.25) is 0 Å². The molecule has 1 aromatic heterocycles. The average Bonchev–Trinajstić information content (AvgIpc) is 2.67. The minimum atomic E-state index is -1.12. The van der Waals surface area contributed by atoms with Crippen LogP contribution in [0.3, 0.4) is 0 Å². The fourth-order valence-electron chi connectivity index (χ4n) is 2.28. The van der Waals surface area contributed by atoms with Gasteiger partial charge in [0.1, 0.15) is 18.4 Å². The summed E-state index contributed by atoms with van der Waals surface area (Å²) in [5.41, 5.74) is 1.63. The summed E-state index contributed by atoms with van der Waals surface area (Å²) in [6.45, 7) is 0.188. The molecule has 0 aliphatic carbocycles. The van der Waals surface area contributed by atoms with Crippen molar-refractivity contribution in [2.75, 3.05) is 0 Å². The lowest BCUT2D eigenvalue weighted by Crippen LogP contribution is -2.02. The third-order valence-corrected chi connectivity index (χ3v) is 4.01. The fourth-order valence-corrected chi connectivity index (χ4v) is 2.50. The second kappa shape index (κ2) is 7.64. The molecule has 2 aromatic carbocycles. The average molecular weight is 366 g/mol. The van der Waals surface area contributed by atoms with Crippen LogP contribution in [0.5, 0.6) is 5.75 Å². The van der Waals surface area contributed by atoms with E-state index < -0.39 is 5.97 Å². The number of hydrogen-bond donors (Lipinski definition) is 1. The Bertz CT molecular complexity index is 1010. The van der Waals surface area contributed by atoms with Crippen molar-refractivity contribution in [3.05, 3.63) is 76.6 Å². The topological polar surface area (TPSA) is 96.1 Å². The summed E-state index contributed by atoms with van der Waals surface area (Å²) in [6.07, 6.45) is 1.40. The molecule has 0 spiro atoms. The number of aromatic nitrogens is 2.